The molecule has 1 aliphatic rings. The summed E-state index contributed by atoms with van der Waals surface area (Å²) in [6.45, 7) is 0.447. The molecule has 0 atom stereocenters. The van der Waals surface area contributed by atoms with Crippen LogP contribution in [0.2, 0.25) is 0 Å². The number of thioether (sulfide) groups is 1. The Morgan fingerprint density at radius 3 is 2.60 bits per heavy atom. The summed E-state index contributed by atoms with van der Waals surface area (Å²) in [5.41, 5.74) is 3.85. The Bertz CT molecular complexity index is 527. The predicted octanol–water partition coefficient (Wildman–Crippen LogP) is 2.91. The van der Waals surface area contributed by atoms with Gasteiger partial charge < -0.3 is 11.1 Å². The van der Waals surface area contributed by atoms with Gasteiger partial charge in [0.05, 0.1) is 16.8 Å². The normalized spacial score (nSPS) is 16.8. The minimum atomic E-state index is -4.56. The second-order valence-corrected chi connectivity index (χ2v) is 6.11. The van der Waals surface area contributed by atoms with Gasteiger partial charge in [0.2, 0.25) is 0 Å². The van der Waals surface area contributed by atoms with Crippen LogP contribution in [0.4, 0.5) is 18.9 Å². The molecule has 0 bridgehead atoms. The van der Waals surface area contributed by atoms with Gasteiger partial charge in [0.1, 0.15) is 0 Å². The van der Waals surface area contributed by atoms with Gasteiger partial charge in [-0.25, -0.2) is 0 Å². The molecule has 7 heteroatoms. The first-order valence-corrected chi connectivity index (χ1v) is 7.31. The fourth-order valence-electron chi connectivity index (χ4n) is 1.94. The molecule has 3 N–H and O–H groups in total. The average molecular weight is 304 g/mol. The smallest absolute Gasteiger partial charge is 0.398 e. The molecule has 0 spiro atoms. The van der Waals surface area contributed by atoms with Gasteiger partial charge in [0, 0.05) is 11.3 Å². The van der Waals surface area contributed by atoms with Gasteiger partial charge in [0.25, 0.3) is 5.91 Å². The van der Waals surface area contributed by atoms with E-state index >= 15 is 0 Å². The van der Waals surface area contributed by atoms with Crippen molar-refractivity contribution in [2.45, 2.75) is 23.8 Å². The number of alkyl halides is 3. The second kappa shape index (κ2) is 5.20. The molecule has 1 aliphatic carbocycles. The van der Waals surface area contributed by atoms with E-state index in [1.54, 1.807) is 11.8 Å². The van der Waals surface area contributed by atoms with Gasteiger partial charge >= 0.3 is 6.18 Å². The van der Waals surface area contributed by atoms with Crippen molar-refractivity contribution >= 4 is 23.4 Å². The number of carbonyl (C=O) groups is 1. The molecule has 3 nitrogen and oxygen atoms in total. The third-order valence-corrected chi connectivity index (χ3v) is 4.89. The molecule has 2 rings (SSSR count). The molecule has 0 unspecified atom stereocenters. The minimum Gasteiger partial charge on any atom is -0.398 e. The number of carbonyl (C=O) groups excluding carboxylic acids is 1. The van der Waals surface area contributed by atoms with E-state index in [1.807, 2.05) is 6.26 Å². The summed E-state index contributed by atoms with van der Waals surface area (Å²) in [6, 6.07) is 3.37. The Morgan fingerprint density at radius 1 is 1.45 bits per heavy atom. The van der Waals surface area contributed by atoms with Crippen LogP contribution >= 0.6 is 11.8 Å². The molecule has 0 aliphatic heterocycles. The Kier molecular flexibility index (Phi) is 3.90. The lowest BCUT2D eigenvalue weighted by Gasteiger charge is -2.16. The summed E-state index contributed by atoms with van der Waals surface area (Å²) in [6.07, 6.45) is -0.589. The molecule has 110 valence electrons. The van der Waals surface area contributed by atoms with Crippen molar-refractivity contribution in [3.05, 3.63) is 29.3 Å². The van der Waals surface area contributed by atoms with Gasteiger partial charge in [0.15, 0.2) is 0 Å². The van der Waals surface area contributed by atoms with Crippen LogP contribution in [0.25, 0.3) is 0 Å². The van der Waals surface area contributed by atoms with E-state index in [4.69, 9.17) is 5.73 Å². The molecular weight excluding hydrogens is 289 g/mol. The number of hydrogen-bond acceptors (Lipinski definition) is 3. The first kappa shape index (κ1) is 15.0. The fourth-order valence-corrected chi connectivity index (χ4v) is 2.67. The number of amides is 1. The van der Waals surface area contributed by atoms with Crippen molar-refractivity contribution in [1.29, 1.82) is 0 Å². The number of nitrogens with two attached hydrogens (primary N) is 1. The summed E-state index contributed by atoms with van der Waals surface area (Å²) >= 11 is 1.66. The summed E-state index contributed by atoms with van der Waals surface area (Å²) < 4.78 is 38.2. The van der Waals surface area contributed by atoms with Crippen molar-refractivity contribution in [2.75, 3.05) is 18.5 Å². The number of nitrogens with one attached hydrogen (secondary N) is 1. The minimum absolute atomic E-state index is 0.0477. The van der Waals surface area contributed by atoms with Crippen molar-refractivity contribution < 1.29 is 18.0 Å². The highest BCUT2D eigenvalue weighted by Crippen LogP contribution is 2.46. The van der Waals surface area contributed by atoms with Crippen molar-refractivity contribution in [3.63, 3.8) is 0 Å². The number of rotatable bonds is 4. The van der Waals surface area contributed by atoms with E-state index in [0.717, 1.165) is 18.9 Å². The third-order valence-electron chi connectivity index (χ3n) is 3.47. The fraction of sp³-hybridized carbons (Fsp3) is 0.462. The lowest BCUT2D eigenvalue weighted by atomic mass is 10.1. The number of halogens is 3. The maximum absolute atomic E-state index is 12.7. The van der Waals surface area contributed by atoms with Gasteiger partial charge in [-0.15, -0.1) is 0 Å². The quantitative estimate of drug-likeness (QED) is 0.841. The Morgan fingerprint density at radius 2 is 2.10 bits per heavy atom. The highest BCUT2D eigenvalue weighted by molar-refractivity contribution is 8.00. The van der Waals surface area contributed by atoms with Crippen LogP contribution in [-0.4, -0.2) is 23.5 Å². The van der Waals surface area contributed by atoms with Crippen LogP contribution in [0, 0.1) is 0 Å². The SMILES string of the molecule is CSC1(CNC(=O)c2cccc(C(F)(F)F)c2N)CC1. The van der Waals surface area contributed by atoms with Crippen molar-refractivity contribution in [1.82, 2.24) is 5.32 Å². The molecule has 1 amide bonds. The summed E-state index contributed by atoms with van der Waals surface area (Å²) in [7, 11) is 0. The van der Waals surface area contributed by atoms with Crippen LogP contribution in [0.15, 0.2) is 18.2 Å². The largest absolute Gasteiger partial charge is 0.418 e. The van der Waals surface area contributed by atoms with E-state index < -0.39 is 23.3 Å². The lowest BCUT2D eigenvalue weighted by Crippen LogP contribution is -2.32. The van der Waals surface area contributed by atoms with E-state index in [1.165, 1.54) is 12.1 Å². The molecule has 1 fully saturated rings. The summed E-state index contributed by atoms with van der Waals surface area (Å²) in [4.78, 5) is 12.0. The number of para-hydroxylation sites is 1. The van der Waals surface area contributed by atoms with E-state index in [-0.39, 0.29) is 10.3 Å². The Hall–Kier alpha value is -1.37. The van der Waals surface area contributed by atoms with Gasteiger partial charge in [-0.3, -0.25) is 4.79 Å². The molecular formula is C13H15F3N2OS. The van der Waals surface area contributed by atoms with E-state index in [2.05, 4.69) is 5.32 Å². The molecule has 20 heavy (non-hydrogen) atoms. The summed E-state index contributed by atoms with van der Waals surface area (Å²) in [5.74, 6) is -0.561. The third kappa shape index (κ3) is 3.03. The van der Waals surface area contributed by atoms with Gasteiger partial charge in [-0.1, -0.05) is 6.07 Å². The molecule has 1 aromatic carbocycles. The van der Waals surface area contributed by atoms with Crippen molar-refractivity contribution in [3.8, 4) is 0 Å². The van der Waals surface area contributed by atoms with Crippen molar-refractivity contribution in [2.24, 2.45) is 0 Å². The molecule has 0 saturated heterocycles. The number of benzene rings is 1. The monoisotopic (exact) mass is 304 g/mol. The molecule has 0 aromatic heterocycles. The van der Waals surface area contributed by atoms with Crippen LogP contribution in [0.1, 0.15) is 28.8 Å². The zero-order valence-corrected chi connectivity index (χ0v) is 11.7. The zero-order chi connectivity index (χ0) is 15.0. The standard InChI is InChI=1S/C13H15F3N2OS/c1-20-12(5-6-12)7-18-11(19)8-3-2-4-9(10(8)17)13(14,15)16/h2-4H,5-7,17H2,1H3,(H,18,19). The van der Waals surface area contributed by atoms with Crippen LogP contribution in [0.3, 0.4) is 0 Å². The topological polar surface area (TPSA) is 55.1 Å². The first-order chi connectivity index (χ1) is 9.29. The molecule has 0 radical (unpaired) electrons. The Labute approximate surface area is 119 Å². The number of anilines is 1. The van der Waals surface area contributed by atoms with Crippen LogP contribution in [-0.2, 0) is 6.18 Å². The maximum atomic E-state index is 12.7. The van der Waals surface area contributed by atoms with Crippen LogP contribution < -0.4 is 11.1 Å². The van der Waals surface area contributed by atoms with E-state index in [0.29, 0.717) is 6.54 Å². The highest BCUT2D eigenvalue weighted by Gasteiger charge is 2.42. The maximum Gasteiger partial charge on any atom is 0.418 e. The molecule has 0 heterocycles. The molecule has 1 aromatic rings. The van der Waals surface area contributed by atoms with Gasteiger partial charge in [-0.2, -0.15) is 24.9 Å². The Balaban J connectivity index is 2.14. The highest BCUT2D eigenvalue weighted by atomic mass is 32.2. The number of hydrogen-bond donors (Lipinski definition) is 2. The molecule has 1 saturated carbocycles. The average Bonchev–Trinajstić information content (AvgIpc) is 3.15. The summed E-state index contributed by atoms with van der Waals surface area (Å²) in [5, 5.41) is 2.67. The van der Waals surface area contributed by atoms with Gasteiger partial charge in [-0.05, 0) is 31.2 Å². The number of nitrogen functional groups attached to an aromatic ring is 1. The second-order valence-electron chi connectivity index (χ2n) is 4.83. The zero-order valence-electron chi connectivity index (χ0n) is 10.9. The predicted molar refractivity (Wildman–Crippen MR) is 73.7 cm³/mol. The van der Waals surface area contributed by atoms with E-state index in [9.17, 15) is 18.0 Å². The first-order valence-electron chi connectivity index (χ1n) is 6.08. The lowest BCUT2D eigenvalue weighted by molar-refractivity contribution is -0.136. The van der Waals surface area contributed by atoms with Crippen LogP contribution in [0.5, 0.6) is 0 Å².